The summed E-state index contributed by atoms with van der Waals surface area (Å²) in [5.41, 5.74) is 7.90. The molecule has 25 heavy (non-hydrogen) atoms. The molecular weight excluding hydrogens is 342 g/mol. The first-order chi connectivity index (χ1) is 11.8. The van der Waals surface area contributed by atoms with Gasteiger partial charge in [0.25, 0.3) is 5.91 Å². The highest BCUT2D eigenvalue weighted by atomic mass is 32.2. The van der Waals surface area contributed by atoms with Crippen LogP contribution in [0.2, 0.25) is 0 Å². The van der Waals surface area contributed by atoms with Crippen LogP contribution in [0.15, 0.2) is 0 Å². The molecule has 0 radical (unpaired) electrons. The summed E-state index contributed by atoms with van der Waals surface area (Å²) in [5.74, 6) is -0.00196. The lowest BCUT2D eigenvalue weighted by atomic mass is 9.94. The van der Waals surface area contributed by atoms with E-state index in [2.05, 4.69) is 15.3 Å². The van der Waals surface area contributed by atoms with Gasteiger partial charge in [0.1, 0.15) is 5.69 Å². The summed E-state index contributed by atoms with van der Waals surface area (Å²) in [4.78, 5) is 21.0. The van der Waals surface area contributed by atoms with E-state index >= 15 is 0 Å². The molecule has 0 spiro atoms. The van der Waals surface area contributed by atoms with Crippen molar-refractivity contribution in [1.82, 2.24) is 19.6 Å². The van der Waals surface area contributed by atoms with E-state index in [1.807, 2.05) is 0 Å². The first-order valence-corrected chi connectivity index (χ1v) is 10.6. The van der Waals surface area contributed by atoms with Crippen molar-refractivity contribution in [3.05, 3.63) is 17.0 Å². The summed E-state index contributed by atoms with van der Waals surface area (Å²) < 4.78 is 24.9. The quantitative estimate of drug-likeness (QED) is 0.792. The minimum absolute atomic E-state index is 0.113. The van der Waals surface area contributed by atoms with E-state index in [0.717, 1.165) is 49.8 Å². The van der Waals surface area contributed by atoms with Gasteiger partial charge in [0, 0.05) is 30.9 Å². The van der Waals surface area contributed by atoms with E-state index < -0.39 is 10.0 Å². The Bertz CT molecular complexity index is 765. The van der Waals surface area contributed by atoms with Gasteiger partial charge < -0.3 is 11.1 Å². The van der Waals surface area contributed by atoms with Crippen LogP contribution in [0.1, 0.15) is 47.4 Å². The van der Waals surface area contributed by atoms with Gasteiger partial charge in [0.2, 0.25) is 16.0 Å². The van der Waals surface area contributed by atoms with Gasteiger partial charge in [0.05, 0.1) is 6.26 Å². The van der Waals surface area contributed by atoms with E-state index in [1.54, 1.807) is 0 Å². The number of hydrogen-bond donors (Lipinski definition) is 2. The van der Waals surface area contributed by atoms with Crippen molar-refractivity contribution in [2.75, 3.05) is 31.6 Å². The average Bonchev–Trinajstić information content (AvgIpc) is 2.58. The number of anilines is 1. The van der Waals surface area contributed by atoms with Crippen LogP contribution >= 0.6 is 0 Å². The summed E-state index contributed by atoms with van der Waals surface area (Å²) in [7, 11) is -3.18. The normalized spacial score (nSPS) is 21.6. The number of aromatic nitrogens is 2. The molecule has 3 rings (SSSR count). The molecule has 138 valence electrons. The van der Waals surface area contributed by atoms with Crippen LogP contribution < -0.4 is 11.1 Å². The average molecular weight is 367 g/mol. The van der Waals surface area contributed by atoms with Gasteiger partial charge in [-0.05, 0) is 44.4 Å². The predicted octanol–water partition coefficient (Wildman–Crippen LogP) is 0.339. The molecule has 3 N–H and O–H groups in total. The Hall–Kier alpha value is -1.74. The number of rotatable bonds is 4. The fraction of sp³-hybridized carbons (Fsp3) is 0.688. The zero-order valence-corrected chi connectivity index (χ0v) is 15.3. The van der Waals surface area contributed by atoms with Crippen LogP contribution in [0.25, 0.3) is 0 Å². The maximum Gasteiger partial charge on any atom is 0.270 e. The van der Waals surface area contributed by atoms with Crippen molar-refractivity contribution in [3.8, 4) is 0 Å². The number of nitrogens with two attached hydrogens (primary N) is 1. The lowest BCUT2D eigenvalue weighted by Gasteiger charge is -2.31. The van der Waals surface area contributed by atoms with Crippen molar-refractivity contribution in [2.24, 2.45) is 5.92 Å². The first kappa shape index (κ1) is 18.1. The number of amides is 1. The number of hydrogen-bond acceptors (Lipinski definition) is 6. The Morgan fingerprint density at radius 1 is 1.28 bits per heavy atom. The SMILES string of the molecule is CS(=O)(=O)N1CCC[C@@H](CNC(=O)c2nc(N)nc3c2CCCC3)C1. The largest absolute Gasteiger partial charge is 0.368 e. The zero-order valence-electron chi connectivity index (χ0n) is 14.5. The Balaban J connectivity index is 1.66. The van der Waals surface area contributed by atoms with E-state index in [4.69, 9.17) is 5.73 Å². The van der Waals surface area contributed by atoms with E-state index in [-0.39, 0.29) is 17.8 Å². The minimum Gasteiger partial charge on any atom is -0.368 e. The second-order valence-electron chi connectivity index (χ2n) is 6.90. The maximum atomic E-state index is 12.6. The van der Waals surface area contributed by atoms with Crippen LogP contribution in [0.3, 0.4) is 0 Å². The van der Waals surface area contributed by atoms with Gasteiger partial charge in [-0.25, -0.2) is 22.7 Å². The first-order valence-electron chi connectivity index (χ1n) is 8.73. The highest BCUT2D eigenvalue weighted by Gasteiger charge is 2.27. The highest BCUT2D eigenvalue weighted by molar-refractivity contribution is 7.88. The Kier molecular flexibility index (Phi) is 5.24. The molecule has 1 aliphatic carbocycles. The minimum atomic E-state index is -3.18. The fourth-order valence-corrected chi connectivity index (χ4v) is 4.56. The summed E-state index contributed by atoms with van der Waals surface area (Å²) in [6, 6.07) is 0. The highest BCUT2D eigenvalue weighted by Crippen LogP contribution is 2.23. The number of aryl methyl sites for hydroxylation is 1. The molecular formula is C16H25N5O3S. The molecule has 1 aromatic rings. The monoisotopic (exact) mass is 367 g/mol. The zero-order chi connectivity index (χ0) is 18.0. The van der Waals surface area contributed by atoms with Crippen LogP contribution in [-0.4, -0.2) is 54.5 Å². The molecule has 1 amide bonds. The van der Waals surface area contributed by atoms with E-state index in [0.29, 0.717) is 25.3 Å². The predicted molar refractivity (Wildman–Crippen MR) is 94.6 cm³/mol. The number of nitrogen functional groups attached to an aromatic ring is 1. The van der Waals surface area contributed by atoms with E-state index in [9.17, 15) is 13.2 Å². The fourth-order valence-electron chi connectivity index (χ4n) is 3.62. The van der Waals surface area contributed by atoms with Crippen molar-refractivity contribution in [1.29, 1.82) is 0 Å². The number of carbonyl (C=O) groups is 1. The standard InChI is InChI=1S/C16H25N5O3S/c1-25(23,24)21-8-4-5-11(10-21)9-18-15(22)14-12-6-2-3-7-13(12)19-16(17)20-14/h11H,2-10H2,1H3,(H,18,22)(H2,17,19,20)/t11-/m0/s1. The second-order valence-corrected chi connectivity index (χ2v) is 8.88. The van der Waals surface area contributed by atoms with Crippen molar-refractivity contribution in [2.45, 2.75) is 38.5 Å². The smallest absolute Gasteiger partial charge is 0.270 e. The number of fused-ring (bicyclic) bond motifs is 1. The molecule has 1 saturated heterocycles. The van der Waals surface area contributed by atoms with Gasteiger partial charge in [-0.2, -0.15) is 0 Å². The molecule has 1 fully saturated rings. The topological polar surface area (TPSA) is 118 Å². The molecule has 1 aromatic heterocycles. The Morgan fingerprint density at radius 3 is 2.80 bits per heavy atom. The third-order valence-corrected chi connectivity index (χ3v) is 6.19. The molecule has 9 heteroatoms. The van der Waals surface area contributed by atoms with Crippen LogP contribution in [0, 0.1) is 5.92 Å². The summed E-state index contributed by atoms with van der Waals surface area (Å²) in [5, 5.41) is 2.91. The molecule has 1 atom stereocenters. The van der Waals surface area contributed by atoms with Crippen LogP contribution in [0.5, 0.6) is 0 Å². The van der Waals surface area contributed by atoms with Gasteiger partial charge in [-0.3, -0.25) is 4.79 Å². The maximum absolute atomic E-state index is 12.6. The molecule has 1 aliphatic heterocycles. The second kappa shape index (κ2) is 7.25. The van der Waals surface area contributed by atoms with Crippen molar-refractivity contribution >= 4 is 21.9 Å². The number of sulfonamides is 1. The Labute approximate surface area is 148 Å². The van der Waals surface area contributed by atoms with Crippen LogP contribution in [-0.2, 0) is 22.9 Å². The third kappa shape index (κ3) is 4.27. The lowest BCUT2D eigenvalue weighted by Crippen LogP contribution is -2.43. The van der Waals surface area contributed by atoms with Crippen LogP contribution in [0.4, 0.5) is 5.95 Å². The summed E-state index contributed by atoms with van der Waals surface area (Å²) >= 11 is 0. The molecule has 2 heterocycles. The molecule has 0 saturated carbocycles. The number of piperidine rings is 1. The molecule has 2 aliphatic rings. The lowest BCUT2D eigenvalue weighted by molar-refractivity contribution is 0.0935. The number of nitrogens with one attached hydrogen (secondary N) is 1. The molecule has 0 aromatic carbocycles. The van der Waals surface area contributed by atoms with Crippen molar-refractivity contribution < 1.29 is 13.2 Å². The molecule has 0 bridgehead atoms. The van der Waals surface area contributed by atoms with Gasteiger partial charge >= 0.3 is 0 Å². The molecule has 8 nitrogen and oxygen atoms in total. The number of carbonyl (C=O) groups excluding carboxylic acids is 1. The molecule has 0 unspecified atom stereocenters. The van der Waals surface area contributed by atoms with E-state index in [1.165, 1.54) is 10.6 Å². The van der Waals surface area contributed by atoms with Gasteiger partial charge in [0.15, 0.2) is 0 Å². The van der Waals surface area contributed by atoms with Gasteiger partial charge in [-0.15, -0.1) is 0 Å². The summed E-state index contributed by atoms with van der Waals surface area (Å²) in [6.45, 7) is 1.44. The number of nitrogens with zero attached hydrogens (tertiary/aromatic N) is 3. The van der Waals surface area contributed by atoms with Crippen molar-refractivity contribution in [3.63, 3.8) is 0 Å². The van der Waals surface area contributed by atoms with Gasteiger partial charge in [-0.1, -0.05) is 0 Å². The third-order valence-electron chi connectivity index (χ3n) is 4.92. The Morgan fingerprint density at radius 2 is 2.04 bits per heavy atom. The summed E-state index contributed by atoms with van der Waals surface area (Å²) in [6.07, 6.45) is 6.63.